The normalized spacial score (nSPS) is 33.9. The van der Waals surface area contributed by atoms with Crippen molar-refractivity contribution in [1.82, 2.24) is 0 Å². The molecule has 43 heavy (non-hydrogen) atoms. The number of carbonyl (C=O) groups excluding carboxylic acids is 2. The van der Waals surface area contributed by atoms with Crippen LogP contribution < -0.4 is 14.2 Å². The lowest BCUT2D eigenvalue weighted by atomic mass is 9.82. The Bertz CT molecular complexity index is 1390. The van der Waals surface area contributed by atoms with E-state index in [4.69, 9.17) is 28.4 Å². The molecular formula is C29H34O14. The maximum Gasteiger partial charge on any atom is 0.229 e. The van der Waals surface area contributed by atoms with E-state index in [0.29, 0.717) is 11.3 Å². The van der Waals surface area contributed by atoms with E-state index in [2.05, 4.69) is 0 Å². The molecule has 1 aliphatic carbocycles. The van der Waals surface area contributed by atoms with Crippen molar-refractivity contribution in [3.63, 3.8) is 0 Å². The fraction of sp³-hybridized carbons (Fsp3) is 0.517. The maximum atomic E-state index is 13.8. The summed E-state index contributed by atoms with van der Waals surface area (Å²) in [5.41, 5.74) is 0.656. The summed E-state index contributed by atoms with van der Waals surface area (Å²) in [6.45, 7) is 2.48. The third kappa shape index (κ3) is 5.39. The summed E-state index contributed by atoms with van der Waals surface area (Å²) in [6, 6.07) is 5.96. The van der Waals surface area contributed by atoms with Crippen LogP contribution in [0.4, 0.5) is 0 Å². The van der Waals surface area contributed by atoms with Gasteiger partial charge in [0.25, 0.3) is 0 Å². The molecule has 2 fully saturated rings. The third-order valence-corrected chi connectivity index (χ3v) is 7.88. The van der Waals surface area contributed by atoms with Gasteiger partial charge in [0.15, 0.2) is 12.1 Å². The first-order valence-electron chi connectivity index (χ1n) is 13.6. The van der Waals surface area contributed by atoms with E-state index < -0.39 is 79.6 Å². The number of ketones is 2. The average molecular weight is 607 g/mol. The Hall–Kier alpha value is -3.18. The Labute approximate surface area is 245 Å². The molecule has 2 heterocycles. The second-order valence-electron chi connectivity index (χ2n) is 10.7. The van der Waals surface area contributed by atoms with Crippen molar-refractivity contribution in [3.8, 4) is 17.2 Å². The predicted octanol–water partition coefficient (Wildman–Crippen LogP) is -1.18. The summed E-state index contributed by atoms with van der Waals surface area (Å²) in [5.74, 6) is -0.667. The molecule has 0 radical (unpaired) electrons. The van der Waals surface area contributed by atoms with E-state index in [1.165, 1.54) is 45.4 Å². The number of aliphatic hydroxyl groups excluding tert-OH is 6. The highest BCUT2D eigenvalue weighted by Crippen LogP contribution is 2.41. The number of hydrogen-bond acceptors (Lipinski definition) is 14. The molecule has 0 saturated carbocycles. The minimum Gasteiger partial charge on any atom is -0.497 e. The van der Waals surface area contributed by atoms with E-state index in [1.54, 1.807) is 6.92 Å². The lowest BCUT2D eigenvalue weighted by Gasteiger charge is -2.45. The zero-order chi connectivity index (χ0) is 31.3. The Kier molecular flexibility index (Phi) is 8.77. The largest absolute Gasteiger partial charge is 0.497 e. The molecular weight excluding hydrogens is 572 g/mol. The predicted molar refractivity (Wildman–Crippen MR) is 143 cm³/mol. The number of aliphatic hydroxyl groups is 6. The third-order valence-electron chi connectivity index (χ3n) is 7.88. The first kappa shape index (κ1) is 31.3. The van der Waals surface area contributed by atoms with E-state index in [-0.39, 0.29) is 33.8 Å². The molecule has 0 spiro atoms. The molecule has 234 valence electrons. The topological polar surface area (TPSA) is 211 Å². The molecule has 3 aliphatic rings. The molecule has 0 aromatic heterocycles. The average Bonchev–Trinajstić information content (AvgIpc) is 2.99. The van der Waals surface area contributed by atoms with Gasteiger partial charge in [-0.15, -0.1) is 0 Å². The van der Waals surface area contributed by atoms with Crippen LogP contribution in [0.2, 0.25) is 0 Å². The van der Waals surface area contributed by atoms with Crippen LogP contribution in [-0.4, -0.2) is 124 Å². The Morgan fingerprint density at radius 1 is 0.744 bits per heavy atom. The lowest BCUT2D eigenvalue weighted by Crippen LogP contribution is -2.64. The van der Waals surface area contributed by atoms with Crippen LogP contribution in [0.15, 0.2) is 24.3 Å². The molecule has 14 nitrogen and oxygen atoms in total. The van der Waals surface area contributed by atoms with Crippen molar-refractivity contribution in [3.05, 3.63) is 52.1 Å². The van der Waals surface area contributed by atoms with Gasteiger partial charge in [-0.2, -0.15) is 0 Å². The van der Waals surface area contributed by atoms with E-state index in [0.717, 1.165) is 0 Å². The summed E-state index contributed by atoms with van der Waals surface area (Å²) in [4.78, 5) is 27.4. The van der Waals surface area contributed by atoms with Gasteiger partial charge in [0.1, 0.15) is 60.0 Å². The number of hydrogen-bond donors (Lipinski definition) is 6. The van der Waals surface area contributed by atoms with Crippen molar-refractivity contribution in [2.75, 3.05) is 20.8 Å². The van der Waals surface area contributed by atoms with Crippen molar-refractivity contribution < 1.29 is 68.6 Å². The van der Waals surface area contributed by atoms with Gasteiger partial charge in [0, 0.05) is 17.2 Å². The molecule has 0 amide bonds. The molecule has 2 aliphatic heterocycles. The summed E-state index contributed by atoms with van der Waals surface area (Å²) < 4.78 is 33.4. The second kappa shape index (κ2) is 12.1. The standard InChI is InChI=1S/C29H34O14/c1-10-5-13-19(22(33)18-14(20(13)31)7-12(38-3)8-15(18)39-4)16(6-10)41-28-26(37)24(35)27(11(2)40-28)43-29-25(36)23(34)21(32)17(9-30)42-29/h5-8,11,17,21,23-30,32,34-37H,9H2,1-4H3/t11-,17+,21+,23-,24-,25+,26+,27-,28-,29-/m0/s1. The molecule has 2 saturated heterocycles. The van der Waals surface area contributed by atoms with Gasteiger partial charge in [-0.3, -0.25) is 9.59 Å². The summed E-state index contributed by atoms with van der Waals surface area (Å²) in [6.07, 6.45) is -15.2. The molecule has 2 aromatic carbocycles. The molecule has 14 heteroatoms. The zero-order valence-corrected chi connectivity index (χ0v) is 23.7. The smallest absolute Gasteiger partial charge is 0.229 e. The Balaban J connectivity index is 1.41. The number of ether oxygens (including phenoxy) is 6. The van der Waals surface area contributed by atoms with Crippen molar-refractivity contribution in [2.24, 2.45) is 0 Å². The van der Waals surface area contributed by atoms with Crippen LogP contribution in [-0.2, 0) is 14.2 Å². The highest BCUT2D eigenvalue weighted by atomic mass is 16.7. The molecule has 0 bridgehead atoms. The van der Waals surface area contributed by atoms with Gasteiger partial charge >= 0.3 is 0 Å². The second-order valence-corrected chi connectivity index (χ2v) is 10.7. The highest BCUT2D eigenvalue weighted by molar-refractivity contribution is 6.30. The van der Waals surface area contributed by atoms with Crippen LogP contribution in [0.1, 0.15) is 44.3 Å². The summed E-state index contributed by atoms with van der Waals surface area (Å²) in [5, 5.41) is 61.8. The molecule has 10 atom stereocenters. The van der Waals surface area contributed by atoms with Crippen LogP contribution in [0.3, 0.4) is 0 Å². The zero-order valence-electron chi connectivity index (χ0n) is 23.7. The summed E-state index contributed by atoms with van der Waals surface area (Å²) in [7, 11) is 2.78. The number of rotatable bonds is 7. The minimum atomic E-state index is -1.76. The van der Waals surface area contributed by atoms with E-state index in [1.807, 2.05) is 0 Å². The van der Waals surface area contributed by atoms with Gasteiger partial charge < -0.3 is 59.1 Å². The number of benzene rings is 2. The van der Waals surface area contributed by atoms with Crippen molar-refractivity contribution >= 4 is 11.6 Å². The Morgan fingerprint density at radius 3 is 2.05 bits per heavy atom. The number of methoxy groups -OCH3 is 2. The number of fused-ring (bicyclic) bond motifs is 2. The number of aryl methyl sites for hydroxylation is 1. The van der Waals surface area contributed by atoms with Gasteiger partial charge in [-0.1, -0.05) is 0 Å². The van der Waals surface area contributed by atoms with E-state index >= 15 is 0 Å². The van der Waals surface area contributed by atoms with Crippen molar-refractivity contribution in [1.29, 1.82) is 0 Å². The minimum absolute atomic E-state index is 0.0148. The fourth-order valence-electron chi connectivity index (χ4n) is 5.56. The monoisotopic (exact) mass is 606 g/mol. The van der Waals surface area contributed by atoms with Gasteiger partial charge in [-0.25, -0.2) is 0 Å². The van der Waals surface area contributed by atoms with Gasteiger partial charge in [-0.05, 0) is 37.6 Å². The number of carbonyl (C=O) groups is 2. The van der Waals surface area contributed by atoms with Gasteiger partial charge in [0.2, 0.25) is 12.1 Å². The van der Waals surface area contributed by atoms with Gasteiger partial charge in [0.05, 0.1) is 38.1 Å². The Morgan fingerprint density at radius 2 is 1.40 bits per heavy atom. The van der Waals surface area contributed by atoms with Crippen LogP contribution in [0, 0.1) is 6.92 Å². The van der Waals surface area contributed by atoms with Crippen LogP contribution in [0.5, 0.6) is 17.2 Å². The maximum absolute atomic E-state index is 13.8. The van der Waals surface area contributed by atoms with Crippen LogP contribution in [0.25, 0.3) is 0 Å². The molecule has 5 rings (SSSR count). The highest BCUT2D eigenvalue weighted by Gasteiger charge is 2.50. The van der Waals surface area contributed by atoms with E-state index in [9.17, 15) is 40.2 Å². The molecule has 0 unspecified atom stereocenters. The molecule has 2 aromatic rings. The first-order chi connectivity index (χ1) is 20.4. The SMILES string of the molecule is COc1cc(OC)c2c(c1)C(=O)c1cc(C)cc(O[C@@H]3O[C@@H](C)[C@H](O[C@@H]4O[C@H](CO)[C@@H](O)[C@H](O)[C@H]4O)[C@@H](O)[C@H]3O)c1C2=O. The summed E-state index contributed by atoms with van der Waals surface area (Å²) >= 11 is 0. The quantitative estimate of drug-likeness (QED) is 0.187. The van der Waals surface area contributed by atoms with Crippen LogP contribution >= 0.6 is 0 Å². The lowest BCUT2D eigenvalue weighted by molar-refractivity contribution is -0.348. The first-order valence-corrected chi connectivity index (χ1v) is 13.6. The van der Waals surface area contributed by atoms with Crippen molar-refractivity contribution in [2.45, 2.75) is 75.3 Å². The molecule has 6 N–H and O–H groups in total. The fourth-order valence-corrected chi connectivity index (χ4v) is 5.56.